The Hall–Kier alpha value is -2.11. The number of ketones is 1. The van der Waals surface area contributed by atoms with Crippen LogP contribution in [0.15, 0.2) is 54.6 Å². The maximum Gasteiger partial charge on any atom is 0.170 e. The predicted molar refractivity (Wildman–Crippen MR) is 79.8 cm³/mol. The fourth-order valence-electron chi connectivity index (χ4n) is 2.16. The van der Waals surface area contributed by atoms with Gasteiger partial charge in [-0.3, -0.25) is 4.79 Å². The first-order chi connectivity index (χ1) is 9.72. The second kappa shape index (κ2) is 6.88. The summed E-state index contributed by atoms with van der Waals surface area (Å²) in [6, 6.07) is 18.5. The molecule has 0 bridgehead atoms. The molecule has 2 aromatic rings. The van der Waals surface area contributed by atoms with E-state index in [-0.39, 0.29) is 11.7 Å². The largest absolute Gasteiger partial charge is 0.293 e. The average molecular weight is 284 g/mol. The number of hydrogen-bond acceptors (Lipinski definition) is 2. The smallest absolute Gasteiger partial charge is 0.170 e. The van der Waals surface area contributed by atoms with E-state index in [9.17, 15) is 4.79 Å². The Morgan fingerprint density at radius 2 is 1.75 bits per heavy atom. The first-order valence-corrected chi connectivity index (χ1v) is 6.82. The van der Waals surface area contributed by atoms with Gasteiger partial charge in [-0.15, -0.1) is 0 Å². The molecule has 0 heterocycles. The van der Waals surface area contributed by atoms with Crippen molar-refractivity contribution in [3.8, 4) is 6.07 Å². The molecule has 20 heavy (non-hydrogen) atoms. The normalized spacial score (nSPS) is 11.6. The van der Waals surface area contributed by atoms with Crippen LogP contribution in [-0.2, 0) is 0 Å². The summed E-state index contributed by atoms with van der Waals surface area (Å²) in [5.74, 6) is -0.252. The lowest BCUT2D eigenvalue weighted by Gasteiger charge is -2.15. The van der Waals surface area contributed by atoms with Crippen LogP contribution in [-0.4, -0.2) is 5.78 Å². The Labute approximate surface area is 123 Å². The van der Waals surface area contributed by atoms with E-state index in [0.717, 1.165) is 5.56 Å². The third-order valence-electron chi connectivity index (χ3n) is 3.19. The molecule has 0 amide bonds. The summed E-state index contributed by atoms with van der Waals surface area (Å²) in [6.45, 7) is 0. The van der Waals surface area contributed by atoms with Crippen LogP contribution in [0.25, 0.3) is 0 Å². The highest BCUT2D eigenvalue weighted by Crippen LogP contribution is 2.26. The van der Waals surface area contributed by atoms with Crippen LogP contribution in [0.5, 0.6) is 0 Å². The van der Waals surface area contributed by atoms with Crippen LogP contribution in [0.2, 0.25) is 5.02 Å². The van der Waals surface area contributed by atoms with E-state index >= 15 is 0 Å². The molecular formula is C17H14ClNO. The number of Topliss-reactive ketones (excluding diaryl/α,β-unsaturated/α-hetero) is 1. The Bertz CT molecular complexity index is 614. The van der Waals surface area contributed by atoms with Crippen molar-refractivity contribution in [3.63, 3.8) is 0 Å². The fourth-order valence-corrected chi connectivity index (χ4v) is 2.28. The number of carbonyl (C=O) groups excluding carboxylic acids is 1. The van der Waals surface area contributed by atoms with Gasteiger partial charge in [-0.2, -0.15) is 5.26 Å². The van der Waals surface area contributed by atoms with Crippen LogP contribution >= 0.6 is 11.6 Å². The van der Waals surface area contributed by atoms with Gasteiger partial charge in [0.15, 0.2) is 5.78 Å². The Balaban J connectivity index is 2.30. The molecule has 3 heteroatoms. The molecule has 2 rings (SSSR count). The van der Waals surface area contributed by atoms with Crippen LogP contribution in [0.4, 0.5) is 0 Å². The van der Waals surface area contributed by atoms with E-state index in [1.54, 1.807) is 24.3 Å². The zero-order valence-corrected chi connectivity index (χ0v) is 11.7. The lowest BCUT2D eigenvalue weighted by atomic mass is 9.87. The average Bonchev–Trinajstić information content (AvgIpc) is 2.50. The van der Waals surface area contributed by atoms with Crippen molar-refractivity contribution in [2.45, 2.75) is 18.8 Å². The Morgan fingerprint density at radius 3 is 2.35 bits per heavy atom. The third-order valence-corrected chi connectivity index (χ3v) is 3.44. The molecule has 0 aromatic heterocycles. The van der Waals surface area contributed by atoms with Gasteiger partial charge in [-0.25, -0.2) is 0 Å². The van der Waals surface area contributed by atoms with Crippen molar-refractivity contribution in [2.24, 2.45) is 0 Å². The maximum atomic E-state index is 12.6. The molecule has 0 aliphatic rings. The second-order valence-electron chi connectivity index (χ2n) is 4.53. The molecule has 0 N–H and O–H groups in total. The van der Waals surface area contributed by atoms with Crippen molar-refractivity contribution in [2.75, 3.05) is 0 Å². The van der Waals surface area contributed by atoms with Gasteiger partial charge in [-0.1, -0.05) is 54.1 Å². The molecule has 0 spiro atoms. The third kappa shape index (κ3) is 3.46. The molecule has 0 aliphatic carbocycles. The van der Waals surface area contributed by atoms with Gasteiger partial charge in [0.25, 0.3) is 0 Å². The number of benzene rings is 2. The van der Waals surface area contributed by atoms with Crippen molar-refractivity contribution < 1.29 is 4.79 Å². The minimum atomic E-state index is -0.297. The zero-order chi connectivity index (χ0) is 14.4. The quantitative estimate of drug-likeness (QED) is 0.752. The number of rotatable bonds is 5. The van der Waals surface area contributed by atoms with Gasteiger partial charge in [0.2, 0.25) is 0 Å². The highest BCUT2D eigenvalue weighted by molar-refractivity contribution is 6.30. The number of halogens is 1. The molecule has 0 saturated carbocycles. The van der Waals surface area contributed by atoms with Gasteiger partial charge in [-0.05, 0) is 24.1 Å². The van der Waals surface area contributed by atoms with Gasteiger partial charge in [0, 0.05) is 22.9 Å². The Morgan fingerprint density at radius 1 is 1.10 bits per heavy atom. The van der Waals surface area contributed by atoms with Gasteiger partial charge < -0.3 is 0 Å². The topological polar surface area (TPSA) is 40.9 Å². The highest BCUT2D eigenvalue weighted by Gasteiger charge is 2.21. The molecule has 100 valence electrons. The van der Waals surface area contributed by atoms with E-state index in [2.05, 4.69) is 6.07 Å². The molecule has 1 unspecified atom stereocenters. The molecule has 0 saturated heterocycles. The van der Waals surface area contributed by atoms with E-state index < -0.39 is 0 Å². The van der Waals surface area contributed by atoms with Crippen LogP contribution in [0, 0.1) is 11.3 Å². The predicted octanol–water partition coefficient (Wildman–Crippen LogP) is 4.61. The molecule has 1 atom stereocenters. The van der Waals surface area contributed by atoms with E-state index in [0.29, 0.717) is 23.4 Å². The first-order valence-electron chi connectivity index (χ1n) is 6.44. The number of hydrogen-bond donors (Lipinski definition) is 0. The summed E-state index contributed by atoms with van der Waals surface area (Å²) in [5, 5.41) is 9.41. The van der Waals surface area contributed by atoms with E-state index in [1.807, 2.05) is 30.3 Å². The number of nitriles is 1. The standard InChI is InChI=1S/C17H14ClNO/c18-15-10-8-13(9-11-15)16(7-4-12-19)17(20)14-5-2-1-3-6-14/h1-3,5-6,8-11,16H,4,7H2. The minimum Gasteiger partial charge on any atom is -0.293 e. The summed E-state index contributed by atoms with van der Waals surface area (Å²) in [7, 11) is 0. The lowest BCUT2D eigenvalue weighted by Crippen LogP contribution is -2.13. The molecular weight excluding hydrogens is 270 g/mol. The van der Waals surface area contributed by atoms with Crippen LogP contribution in [0.3, 0.4) is 0 Å². The molecule has 2 aromatic carbocycles. The summed E-state index contributed by atoms with van der Waals surface area (Å²) in [5.41, 5.74) is 1.57. The minimum absolute atomic E-state index is 0.0446. The van der Waals surface area contributed by atoms with Crippen molar-refractivity contribution in [3.05, 3.63) is 70.7 Å². The van der Waals surface area contributed by atoms with E-state index in [4.69, 9.17) is 16.9 Å². The van der Waals surface area contributed by atoms with Gasteiger partial charge in [0.05, 0.1) is 6.07 Å². The summed E-state index contributed by atoms with van der Waals surface area (Å²) >= 11 is 5.88. The number of nitrogens with zero attached hydrogens (tertiary/aromatic N) is 1. The molecule has 0 aliphatic heterocycles. The number of carbonyl (C=O) groups is 1. The zero-order valence-electron chi connectivity index (χ0n) is 10.9. The van der Waals surface area contributed by atoms with Crippen molar-refractivity contribution in [1.29, 1.82) is 5.26 Å². The first kappa shape index (κ1) is 14.3. The SMILES string of the molecule is N#CCCC(C(=O)c1ccccc1)c1ccc(Cl)cc1. The molecule has 2 nitrogen and oxygen atoms in total. The lowest BCUT2D eigenvalue weighted by molar-refractivity contribution is 0.0955. The van der Waals surface area contributed by atoms with Gasteiger partial charge >= 0.3 is 0 Å². The van der Waals surface area contributed by atoms with Gasteiger partial charge in [0.1, 0.15) is 0 Å². The van der Waals surface area contributed by atoms with Crippen molar-refractivity contribution in [1.82, 2.24) is 0 Å². The summed E-state index contributed by atoms with van der Waals surface area (Å²) in [6.07, 6.45) is 0.873. The second-order valence-corrected chi connectivity index (χ2v) is 4.97. The summed E-state index contributed by atoms with van der Waals surface area (Å²) < 4.78 is 0. The van der Waals surface area contributed by atoms with Crippen LogP contribution in [0.1, 0.15) is 34.7 Å². The maximum absolute atomic E-state index is 12.6. The summed E-state index contributed by atoms with van der Waals surface area (Å²) in [4.78, 5) is 12.6. The monoisotopic (exact) mass is 283 g/mol. The van der Waals surface area contributed by atoms with Crippen molar-refractivity contribution >= 4 is 17.4 Å². The van der Waals surface area contributed by atoms with E-state index in [1.165, 1.54) is 0 Å². The van der Waals surface area contributed by atoms with Crippen LogP contribution < -0.4 is 0 Å². The Kier molecular flexibility index (Phi) is 4.92. The highest BCUT2D eigenvalue weighted by atomic mass is 35.5. The molecule has 0 fully saturated rings. The molecule has 0 radical (unpaired) electrons. The fraction of sp³-hybridized carbons (Fsp3) is 0.176.